The largest absolute Gasteiger partial charge is 0.329 e. The number of rotatable bonds is 7. The zero-order valence-corrected chi connectivity index (χ0v) is 8.87. The summed E-state index contributed by atoms with van der Waals surface area (Å²) in [5.41, 5.74) is 5.72. The van der Waals surface area contributed by atoms with Crippen molar-refractivity contribution in [3.8, 4) is 0 Å². The molecule has 0 aliphatic heterocycles. The van der Waals surface area contributed by atoms with Crippen LogP contribution in [-0.2, 0) is 0 Å². The molecular formula is C11H22N2. The molecule has 2 heteroatoms. The minimum atomic E-state index is 0.427. The van der Waals surface area contributed by atoms with Crippen molar-refractivity contribution in [2.24, 2.45) is 11.7 Å². The van der Waals surface area contributed by atoms with Crippen LogP contribution >= 0.6 is 0 Å². The zero-order valence-electron chi connectivity index (χ0n) is 8.87. The van der Waals surface area contributed by atoms with E-state index in [2.05, 4.69) is 31.9 Å². The quantitative estimate of drug-likeness (QED) is 0.607. The molecule has 0 spiro atoms. The maximum absolute atomic E-state index is 5.72. The van der Waals surface area contributed by atoms with Gasteiger partial charge < -0.3 is 5.73 Å². The number of nitrogens with two attached hydrogens (primary N) is 1. The standard InChI is InChI=1S/C11H22N2/c1-5-7-13(8-6-2)11(9-12)10(3)4/h5-6,10-11H,1-2,7-9,12H2,3-4H3/t11-/m1/s1. The Labute approximate surface area is 82.1 Å². The van der Waals surface area contributed by atoms with Crippen LogP contribution in [0.25, 0.3) is 0 Å². The highest BCUT2D eigenvalue weighted by atomic mass is 15.2. The van der Waals surface area contributed by atoms with Crippen molar-refractivity contribution < 1.29 is 0 Å². The molecule has 0 heterocycles. The Morgan fingerprint density at radius 3 is 1.92 bits per heavy atom. The van der Waals surface area contributed by atoms with Crippen LogP contribution in [0.15, 0.2) is 25.3 Å². The van der Waals surface area contributed by atoms with E-state index < -0.39 is 0 Å². The molecule has 0 radical (unpaired) electrons. The van der Waals surface area contributed by atoms with Crippen molar-refractivity contribution in [1.82, 2.24) is 4.90 Å². The number of nitrogens with zero attached hydrogens (tertiary/aromatic N) is 1. The van der Waals surface area contributed by atoms with Gasteiger partial charge in [-0.2, -0.15) is 0 Å². The van der Waals surface area contributed by atoms with Crippen molar-refractivity contribution in [2.75, 3.05) is 19.6 Å². The molecule has 0 bridgehead atoms. The van der Waals surface area contributed by atoms with Gasteiger partial charge in [-0.25, -0.2) is 0 Å². The summed E-state index contributed by atoms with van der Waals surface area (Å²) in [7, 11) is 0. The van der Waals surface area contributed by atoms with Crippen LogP contribution in [0.2, 0.25) is 0 Å². The molecule has 0 aromatic rings. The smallest absolute Gasteiger partial charge is 0.0247 e. The molecule has 0 aliphatic rings. The first-order valence-electron chi connectivity index (χ1n) is 4.83. The van der Waals surface area contributed by atoms with E-state index in [1.165, 1.54) is 0 Å². The van der Waals surface area contributed by atoms with Gasteiger partial charge in [0.25, 0.3) is 0 Å². The van der Waals surface area contributed by atoms with Gasteiger partial charge in [-0.05, 0) is 5.92 Å². The first-order chi connectivity index (χ1) is 6.17. The van der Waals surface area contributed by atoms with E-state index in [0.29, 0.717) is 18.5 Å². The molecule has 0 unspecified atom stereocenters. The third-order valence-electron chi connectivity index (χ3n) is 2.21. The summed E-state index contributed by atoms with van der Waals surface area (Å²) < 4.78 is 0. The molecule has 0 fully saturated rings. The molecule has 0 aliphatic carbocycles. The fraction of sp³-hybridized carbons (Fsp3) is 0.636. The fourth-order valence-corrected chi connectivity index (χ4v) is 1.52. The lowest BCUT2D eigenvalue weighted by Crippen LogP contribution is -2.44. The lowest BCUT2D eigenvalue weighted by molar-refractivity contribution is 0.195. The van der Waals surface area contributed by atoms with Gasteiger partial charge in [0.15, 0.2) is 0 Å². The third kappa shape index (κ3) is 4.25. The summed E-state index contributed by atoms with van der Waals surface area (Å²) in [6.07, 6.45) is 3.82. The molecule has 1 atom stereocenters. The summed E-state index contributed by atoms with van der Waals surface area (Å²) >= 11 is 0. The van der Waals surface area contributed by atoms with Gasteiger partial charge >= 0.3 is 0 Å². The highest BCUT2D eigenvalue weighted by Gasteiger charge is 2.17. The molecule has 0 aromatic carbocycles. The van der Waals surface area contributed by atoms with Crippen molar-refractivity contribution in [3.63, 3.8) is 0 Å². The van der Waals surface area contributed by atoms with Gasteiger partial charge in [0, 0.05) is 25.7 Å². The highest BCUT2D eigenvalue weighted by Crippen LogP contribution is 2.09. The Kier molecular flexibility index (Phi) is 6.55. The fourth-order valence-electron chi connectivity index (χ4n) is 1.52. The maximum atomic E-state index is 5.72. The molecule has 0 rings (SSSR count). The molecule has 13 heavy (non-hydrogen) atoms. The molecular weight excluding hydrogens is 160 g/mol. The van der Waals surface area contributed by atoms with Gasteiger partial charge in [-0.15, -0.1) is 13.2 Å². The summed E-state index contributed by atoms with van der Waals surface area (Å²) in [4.78, 5) is 2.30. The van der Waals surface area contributed by atoms with Crippen molar-refractivity contribution in [2.45, 2.75) is 19.9 Å². The average molecular weight is 182 g/mol. The molecule has 76 valence electrons. The van der Waals surface area contributed by atoms with E-state index in [1.54, 1.807) is 0 Å². The van der Waals surface area contributed by atoms with E-state index in [0.717, 1.165) is 13.1 Å². The predicted molar refractivity (Wildman–Crippen MR) is 59.6 cm³/mol. The number of hydrogen-bond acceptors (Lipinski definition) is 2. The van der Waals surface area contributed by atoms with Gasteiger partial charge in [-0.3, -0.25) is 4.90 Å². The Balaban J connectivity index is 4.27. The van der Waals surface area contributed by atoms with Crippen molar-refractivity contribution in [3.05, 3.63) is 25.3 Å². The van der Waals surface area contributed by atoms with E-state index in [4.69, 9.17) is 5.73 Å². The van der Waals surface area contributed by atoms with E-state index in [-0.39, 0.29) is 0 Å². The lowest BCUT2D eigenvalue weighted by Gasteiger charge is -2.31. The monoisotopic (exact) mass is 182 g/mol. The topological polar surface area (TPSA) is 29.3 Å². The summed E-state index contributed by atoms with van der Waals surface area (Å²) in [5.74, 6) is 0.574. The van der Waals surface area contributed by atoms with Crippen LogP contribution in [0.5, 0.6) is 0 Å². The normalized spacial score (nSPS) is 13.3. The van der Waals surface area contributed by atoms with Crippen molar-refractivity contribution >= 4 is 0 Å². The average Bonchev–Trinajstić information content (AvgIpc) is 2.05. The second-order valence-corrected chi connectivity index (χ2v) is 3.58. The summed E-state index contributed by atoms with van der Waals surface area (Å²) in [5, 5.41) is 0. The third-order valence-corrected chi connectivity index (χ3v) is 2.21. The highest BCUT2D eigenvalue weighted by molar-refractivity contribution is 4.86. The van der Waals surface area contributed by atoms with Crippen LogP contribution in [0.3, 0.4) is 0 Å². The zero-order chi connectivity index (χ0) is 10.3. The molecule has 0 saturated carbocycles. The Morgan fingerprint density at radius 1 is 1.23 bits per heavy atom. The molecule has 2 nitrogen and oxygen atoms in total. The van der Waals surface area contributed by atoms with E-state index in [1.807, 2.05) is 12.2 Å². The SMILES string of the molecule is C=CCN(CC=C)[C@H](CN)C(C)C. The number of hydrogen-bond donors (Lipinski definition) is 1. The predicted octanol–water partition coefficient (Wildman–Crippen LogP) is 1.64. The van der Waals surface area contributed by atoms with E-state index in [9.17, 15) is 0 Å². The lowest BCUT2D eigenvalue weighted by atomic mass is 10.0. The minimum Gasteiger partial charge on any atom is -0.329 e. The van der Waals surface area contributed by atoms with Gasteiger partial charge in [0.05, 0.1) is 0 Å². The minimum absolute atomic E-state index is 0.427. The molecule has 0 aromatic heterocycles. The Hall–Kier alpha value is -0.600. The molecule has 2 N–H and O–H groups in total. The first-order valence-corrected chi connectivity index (χ1v) is 4.83. The van der Waals surface area contributed by atoms with Crippen LogP contribution in [0, 0.1) is 5.92 Å². The van der Waals surface area contributed by atoms with Crippen LogP contribution < -0.4 is 5.73 Å². The maximum Gasteiger partial charge on any atom is 0.0247 e. The van der Waals surface area contributed by atoms with Crippen LogP contribution in [0.4, 0.5) is 0 Å². The molecule has 0 amide bonds. The van der Waals surface area contributed by atoms with Crippen LogP contribution in [0.1, 0.15) is 13.8 Å². The van der Waals surface area contributed by atoms with Gasteiger partial charge in [-0.1, -0.05) is 26.0 Å². The second kappa shape index (κ2) is 6.87. The first kappa shape index (κ1) is 12.4. The van der Waals surface area contributed by atoms with Crippen LogP contribution in [-0.4, -0.2) is 30.6 Å². The molecule has 0 saturated heterocycles. The van der Waals surface area contributed by atoms with E-state index >= 15 is 0 Å². The van der Waals surface area contributed by atoms with Gasteiger partial charge in [0.1, 0.15) is 0 Å². The second-order valence-electron chi connectivity index (χ2n) is 3.58. The summed E-state index contributed by atoms with van der Waals surface area (Å²) in [6.45, 7) is 14.3. The Morgan fingerprint density at radius 2 is 1.69 bits per heavy atom. The van der Waals surface area contributed by atoms with Crippen molar-refractivity contribution in [1.29, 1.82) is 0 Å². The summed E-state index contributed by atoms with van der Waals surface area (Å²) in [6, 6.07) is 0.427. The Bertz CT molecular complexity index is 142. The van der Waals surface area contributed by atoms with Gasteiger partial charge in [0.2, 0.25) is 0 Å².